The van der Waals surface area contributed by atoms with Gasteiger partial charge in [-0.05, 0) is 24.3 Å². The van der Waals surface area contributed by atoms with Crippen molar-refractivity contribution in [2.45, 2.75) is 17.7 Å². The number of carbonyl (C=O) groups excluding carboxylic acids is 2. The van der Waals surface area contributed by atoms with Crippen LogP contribution in [-0.4, -0.2) is 52.9 Å². The lowest BCUT2D eigenvalue weighted by atomic mass is 10.2. The molecular formula is C14H20N2O5S. The highest BCUT2D eigenvalue weighted by atomic mass is 32.2. The van der Waals surface area contributed by atoms with Gasteiger partial charge in [0.05, 0.1) is 18.4 Å². The summed E-state index contributed by atoms with van der Waals surface area (Å²) in [5, 5.41) is 0. The van der Waals surface area contributed by atoms with Gasteiger partial charge in [0.1, 0.15) is 0 Å². The summed E-state index contributed by atoms with van der Waals surface area (Å²) in [6.07, 6.45) is 0.0354. The fourth-order valence-corrected chi connectivity index (χ4v) is 2.58. The molecule has 7 nitrogen and oxygen atoms in total. The van der Waals surface area contributed by atoms with Crippen LogP contribution in [0.2, 0.25) is 0 Å². The molecule has 1 amide bonds. The van der Waals surface area contributed by atoms with Crippen molar-refractivity contribution in [2.24, 2.45) is 0 Å². The topological polar surface area (TPSA) is 84.0 Å². The van der Waals surface area contributed by atoms with E-state index in [-0.39, 0.29) is 23.6 Å². The molecule has 1 aromatic carbocycles. The van der Waals surface area contributed by atoms with Gasteiger partial charge in [0, 0.05) is 33.3 Å². The van der Waals surface area contributed by atoms with Crippen LogP contribution in [0.25, 0.3) is 0 Å². The van der Waals surface area contributed by atoms with E-state index in [1.807, 2.05) is 0 Å². The predicted octanol–water partition coefficient (Wildman–Crippen LogP) is 0.853. The van der Waals surface area contributed by atoms with Crippen LogP contribution in [0, 0.1) is 0 Å². The van der Waals surface area contributed by atoms with Gasteiger partial charge in [0.25, 0.3) is 0 Å². The van der Waals surface area contributed by atoms with Crippen LogP contribution >= 0.6 is 0 Å². The summed E-state index contributed by atoms with van der Waals surface area (Å²) in [5.41, 5.74) is 0.549. The molecular weight excluding hydrogens is 308 g/mol. The standard InChI is InChI=1S/C14H20N2O5S/c1-15(2)22(19,20)12-7-5-11(6-8-12)16(3)13(17)9-10-14(18)21-4/h5-8H,9-10H2,1-4H3. The molecule has 0 atom stereocenters. The van der Waals surface area contributed by atoms with Crippen LogP contribution in [-0.2, 0) is 24.3 Å². The third kappa shape index (κ3) is 4.28. The highest BCUT2D eigenvalue weighted by molar-refractivity contribution is 7.89. The van der Waals surface area contributed by atoms with Crippen molar-refractivity contribution >= 4 is 27.6 Å². The molecule has 0 N–H and O–H groups in total. The molecule has 0 heterocycles. The number of sulfonamides is 1. The zero-order valence-electron chi connectivity index (χ0n) is 13.1. The minimum absolute atomic E-state index is 0.00671. The second kappa shape index (κ2) is 7.37. The Labute approximate surface area is 130 Å². The quantitative estimate of drug-likeness (QED) is 0.723. The monoisotopic (exact) mass is 328 g/mol. The smallest absolute Gasteiger partial charge is 0.306 e. The molecule has 1 rings (SSSR count). The Morgan fingerprint density at radius 1 is 1.05 bits per heavy atom. The summed E-state index contributed by atoms with van der Waals surface area (Å²) in [5.74, 6) is -0.706. The first kappa shape index (κ1) is 18.1. The number of methoxy groups -OCH3 is 1. The van der Waals surface area contributed by atoms with E-state index >= 15 is 0 Å². The Bertz CT molecular complexity index is 638. The Balaban J connectivity index is 2.82. The molecule has 22 heavy (non-hydrogen) atoms. The van der Waals surface area contributed by atoms with Gasteiger partial charge in [0.2, 0.25) is 15.9 Å². The maximum absolute atomic E-state index is 12.0. The lowest BCUT2D eigenvalue weighted by Gasteiger charge is -2.18. The maximum atomic E-state index is 12.0. The van der Waals surface area contributed by atoms with Crippen molar-refractivity contribution < 1.29 is 22.7 Å². The van der Waals surface area contributed by atoms with Crippen LogP contribution in [0.3, 0.4) is 0 Å². The number of hydrogen-bond donors (Lipinski definition) is 0. The van der Waals surface area contributed by atoms with Crippen molar-refractivity contribution in [3.63, 3.8) is 0 Å². The Morgan fingerprint density at radius 2 is 1.59 bits per heavy atom. The Hall–Kier alpha value is -1.93. The molecule has 0 fully saturated rings. The number of benzene rings is 1. The van der Waals surface area contributed by atoms with E-state index in [0.717, 1.165) is 4.31 Å². The minimum Gasteiger partial charge on any atom is -0.469 e. The molecule has 122 valence electrons. The van der Waals surface area contributed by atoms with E-state index in [2.05, 4.69) is 4.74 Å². The molecule has 0 saturated carbocycles. The summed E-state index contributed by atoms with van der Waals surface area (Å²) >= 11 is 0. The van der Waals surface area contributed by atoms with Crippen LogP contribution < -0.4 is 4.90 Å². The zero-order valence-corrected chi connectivity index (χ0v) is 13.9. The molecule has 1 aromatic rings. The summed E-state index contributed by atoms with van der Waals surface area (Å²) in [6.45, 7) is 0. The number of hydrogen-bond acceptors (Lipinski definition) is 5. The highest BCUT2D eigenvalue weighted by Crippen LogP contribution is 2.19. The fourth-order valence-electron chi connectivity index (χ4n) is 1.68. The van der Waals surface area contributed by atoms with Crippen LogP contribution in [0.5, 0.6) is 0 Å². The number of rotatable bonds is 6. The normalized spacial score (nSPS) is 11.3. The Kier molecular flexibility index (Phi) is 6.07. The summed E-state index contributed by atoms with van der Waals surface area (Å²) in [7, 11) is 2.23. The second-order valence-corrected chi connectivity index (χ2v) is 6.96. The van der Waals surface area contributed by atoms with E-state index in [0.29, 0.717) is 5.69 Å². The van der Waals surface area contributed by atoms with Gasteiger partial charge in [-0.2, -0.15) is 0 Å². The lowest BCUT2D eigenvalue weighted by molar-refractivity contribution is -0.141. The number of carbonyl (C=O) groups is 2. The Morgan fingerprint density at radius 3 is 2.05 bits per heavy atom. The SMILES string of the molecule is COC(=O)CCC(=O)N(C)c1ccc(S(=O)(=O)N(C)C)cc1. The number of amides is 1. The van der Waals surface area contributed by atoms with Gasteiger partial charge in [-0.3, -0.25) is 9.59 Å². The number of ether oxygens (including phenoxy) is 1. The first-order chi connectivity index (χ1) is 10.2. The molecule has 8 heteroatoms. The predicted molar refractivity (Wildman–Crippen MR) is 82.0 cm³/mol. The largest absolute Gasteiger partial charge is 0.469 e. The average Bonchev–Trinajstić information content (AvgIpc) is 2.51. The molecule has 0 aliphatic heterocycles. The van der Waals surface area contributed by atoms with E-state index in [4.69, 9.17) is 0 Å². The maximum Gasteiger partial charge on any atom is 0.306 e. The van der Waals surface area contributed by atoms with Gasteiger partial charge < -0.3 is 9.64 Å². The first-order valence-corrected chi connectivity index (χ1v) is 8.00. The third-order valence-electron chi connectivity index (χ3n) is 3.15. The third-order valence-corrected chi connectivity index (χ3v) is 4.98. The van der Waals surface area contributed by atoms with E-state index in [1.165, 1.54) is 38.2 Å². The van der Waals surface area contributed by atoms with Gasteiger partial charge in [-0.15, -0.1) is 0 Å². The summed E-state index contributed by atoms with van der Waals surface area (Å²) in [6, 6.07) is 5.97. The second-order valence-electron chi connectivity index (χ2n) is 4.81. The lowest BCUT2D eigenvalue weighted by Crippen LogP contribution is -2.27. The van der Waals surface area contributed by atoms with E-state index in [1.54, 1.807) is 19.2 Å². The molecule has 0 aliphatic carbocycles. The molecule has 0 radical (unpaired) electrons. The molecule has 0 aromatic heterocycles. The molecule has 0 unspecified atom stereocenters. The van der Waals surface area contributed by atoms with Gasteiger partial charge in [-0.25, -0.2) is 12.7 Å². The van der Waals surface area contributed by atoms with Crippen molar-refractivity contribution in [1.29, 1.82) is 0 Å². The molecule has 0 saturated heterocycles. The highest BCUT2D eigenvalue weighted by Gasteiger charge is 2.18. The van der Waals surface area contributed by atoms with Gasteiger partial charge in [0.15, 0.2) is 0 Å². The number of nitrogens with zero attached hydrogens (tertiary/aromatic N) is 2. The number of anilines is 1. The van der Waals surface area contributed by atoms with Crippen LogP contribution in [0.15, 0.2) is 29.2 Å². The van der Waals surface area contributed by atoms with Crippen LogP contribution in [0.4, 0.5) is 5.69 Å². The first-order valence-electron chi connectivity index (χ1n) is 6.56. The summed E-state index contributed by atoms with van der Waals surface area (Å²) in [4.78, 5) is 24.5. The molecule has 0 spiro atoms. The summed E-state index contributed by atoms with van der Waals surface area (Å²) < 4.78 is 29.5. The fraction of sp³-hybridized carbons (Fsp3) is 0.429. The van der Waals surface area contributed by atoms with E-state index < -0.39 is 16.0 Å². The van der Waals surface area contributed by atoms with E-state index in [9.17, 15) is 18.0 Å². The van der Waals surface area contributed by atoms with Gasteiger partial charge >= 0.3 is 5.97 Å². The molecule has 0 bridgehead atoms. The number of esters is 1. The van der Waals surface area contributed by atoms with Crippen molar-refractivity contribution in [3.05, 3.63) is 24.3 Å². The molecule has 0 aliphatic rings. The van der Waals surface area contributed by atoms with Crippen molar-refractivity contribution in [3.8, 4) is 0 Å². The zero-order chi connectivity index (χ0) is 16.9. The van der Waals surface area contributed by atoms with Gasteiger partial charge in [-0.1, -0.05) is 0 Å². The average molecular weight is 328 g/mol. The van der Waals surface area contributed by atoms with Crippen LogP contribution in [0.1, 0.15) is 12.8 Å². The van der Waals surface area contributed by atoms with Crippen molar-refractivity contribution in [1.82, 2.24) is 4.31 Å². The minimum atomic E-state index is -3.50. The van der Waals surface area contributed by atoms with Crippen molar-refractivity contribution in [2.75, 3.05) is 33.2 Å².